The zero-order chi connectivity index (χ0) is 21.5. The fraction of sp³-hybridized carbons (Fsp3) is 0.579. The van der Waals surface area contributed by atoms with Crippen LogP contribution in [0.25, 0.3) is 0 Å². The Morgan fingerprint density at radius 2 is 1.86 bits per heavy atom. The van der Waals surface area contributed by atoms with Crippen molar-refractivity contribution in [3.63, 3.8) is 0 Å². The lowest BCUT2D eigenvalue weighted by molar-refractivity contribution is -0.163. The molecule has 0 aliphatic rings. The average molecular weight is 394 g/mol. The maximum Gasteiger partial charge on any atom is 0.349 e. The zero-order valence-electron chi connectivity index (χ0n) is 17.0. The lowest BCUT2D eigenvalue weighted by Crippen LogP contribution is -2.56. The lowest BCUT2D eigenvalue weighted by atomic mass is 9.86. The van der Waals surface area contributed by atoms with Gasteiger partial charge in [-0.1, -0.05) is 34.6 Å². The molecule has 2 atom stereocenters. The monoisotopic (exact) mass is 394 g/mol. The molecule has 0 bridgehead atoms. The number of carbonyl (C=O) groups excluding carboxylic acids is 3. The van der Waals surface area contributed by atoms with Gasteiger partial charge in [-0.25, -0.2) is 4.79 Å². The van der Waals surface area contributed by atoms with E-state index in [4.69, 9.17) is 0 Å². The van der Waals surface area contributed by atoms with Crippen molar-refractivity contribution in [1.82, 2.24) is 15.4 Å². The van der Waals surface area contributed by atoms with Gasteiger partial charge in [0.15, 0.2) is 0 Å². The number of rotatable bonds is 7. The molecule has 9 heteroatoms. The van der Waals surface area contributed by atoms with Gasteiger partial charge >= 0.3 is 6.03 Å². The van der Waals surface area contributed by atoms with Gasteiger partial charge in [-0.15, -0.1) is 5.06 Å². The van der Waals surface area contributed by atoms with E-state index in [2.05, 4.69) is 15.6 Å². The number of urea groups is 1. The van der Waals surface area contributed by atoms with Crippen LogP contribution in [0.2, 0.25) is 0 Å². The van der Waals surface area contributed by atoms with Crippen molar-refractivity contribution in [2.45, 2.75) is 59.6 Å². The topological polar surface area (TPSA) is 132 Å². The van der Waals surface area contributed by atoms with Crippen LogP contribution in [-0.4, -0.2) is 50.4 Å². The standard InChI is InChI=1S/C19H30N4O5/c1-12(2)8-9-14(24)17(26)23(28)18(27)22-15(19(3,4)5)16(25)21-13-7-6-10-20-11-13/h6-7,10-12,14-15,24,28H,8-9H2,1-5H3,(H,21,25)(H,22,27)/t14-,15+/m0/s1. The SMILES string of the molecule is CC(C)CC[C@H](O)C(=O)N(O)C(=O)N[C@H](C(=O)Nc1cccnc1)C(C)(C)C. The van der Waals surface area contributed by atoms with Crippen molar-refractivity contribution < 1.29 is 24.7 Å². The third-order valence-electron chi connectivity index (χ3n) is 4.03. The second-order valence-corrected chi connectivity index (χ2v) is 8.12. The Balaban J connectivity index is 2.81. The van der Waals surface area contributed by atoms with E-state index >= 15 is 0 Å². The number of imide groups is 1. The van der Waals surface area contributed by atoms with E-state index in [1.54, 1.807) is 39.1 Å². The second-order valence-electron chi connectivity index (χ2n) is 8.12. The number of aliphatic hydroxyl groups is 1. The van der Waals surface area contributed by atoms with E-state index in [0.29, 0.717) is 12.1 Å². The Hall–Kier alpha value is -2.52. The number of aromatic nitrogens is 1. The molecule has 0 saturated heterocycles. The van der Waals surface area contributed by atoms with Gasteiger partial charge in [-0.2, -0.15) is 0 Å². The summed E-state index contributed by atoms with van der Waals surface area (Å²) in [6.07, 6.45) is 2.17. The van der Waals surface area contributed by atoms with E-state index in [9.17, 15) is 24.7 Å². The van der Waals surface area contributed by atoms with Crippen molar-refractivity contribution in [3.05, 3.63) is 24.5 Å². The van der Waals surface area contributed by atoms with Gasteiger partial charge in [0.05, 0.1) is 11.9 Å². The van der Waals surface area contributed by atoms with Crippen LogP contribution in [0, 0.1) is 11.3 Å². The Labute approximate surface area is 165 Å². The van der Waals surface area contributed by atoms with Crippen molar-refractivity contribution in [2.75, 3.05) is 5.32 Å². The fourth-order valence-electron chi connectivity index (χ4n) is 2.37. The minimum atomic E-state index is -1.50. The summed E-state index contributed by atoms with van der Waals surface area (Å²) in [7, 11) is 0. The van der Waals surface area contributed by atoms with E-state index in [0.717, 1.165) is 0 Å². The van der Waals surface area contributed by atoms with Crippen LogP contribution in [0.1, 0.15) is 47.5 Å². The van der Waals surface area contributed by atoms with Gasteiger partial charge in [0, 0.05) is 6.20 Å². The number of hydroxylamine groups is 2. The fourth-order valence-corrected chi connectivity index (χ4v) is 2.37. The first kappa shape index (κ1) is 23.5. The molecule has 0 aliphatic carbocycles. The van der Waals surface area contributed by atoms with Gasteiger partial charge in [-0.3, -0.25) is 19.8 Å². The minimum absolute atomic E-state index is 0.116. The molecule has 4 amide bonds. The summed E-state index contributed by atoms with van der Waals surface area (Å²) in [6.45, 7) is 9.02. The third-order valence-corrected chi connectivity index (χ3v) is 4.03. The smallest absolute Gasteiger partial charge is 0.349 e. The Kier molecular flexibility index (Phi) is 8.52. The number of anilines is 1. The molecule has 1 aromatic heterocycles. The van der Waals surface area contributed by atoms with Gasteiger partial charge in [-0.05, 0) is 36.3 Å². The largest absolute Gasteiger partial charge is 0.383 e. The number of carbonyl (C=O) groups is 3. The zero-order valence-corrected chi connectivity index (χ0v) is 17.0. The molecule has 9 nitrogen and oxygen atoms in total. The third kappa shape index (κ3) is 7.24. The molecule has 0 aromatic carbocycles. The van der Waals surface area contributed by atoms with Gasteiger partial charge < -0.3 is 15.7 Å². The second kappa shape index (κ2) is 10.1. The van der Waals surface area contributed by atoms with Crippen molar-refractivity contribution in [1.29, 1.82) is 0 Å². The molecule has 0 spiro atoms. The molecule has 1 heterocycles. The molecular weight excluding hydrogens is 364 g/mol. The molecule has 1 rings (SSSR count). The summed E-state index contributed by atoms with van der Waals surface area (Å²) < 4.78 is 0. The Morgan fingerprint density at radius 1 is 1.21 bits per heavy atom. The first-order chi connectivity index (χ1) is 12.9. The molecule has 0 radical (unpaired) electrons. The van der Waals surface area contributed by atoms with Crippen LogP contribution in [-0.2, 0) is 9.59 Å². The van der Waals surface area contributed by atoms with Crippen LogP contribution in [0.4, 0.5) is 10.5 Å². The highest BCUT2D eigenvalue weighted by molar-refractivity contribution is 6.00. The minimum Gasteiger partial charge on any atom is -0.383 e. The molecule has 156 valence electrons. The van der Waals surface area contributed by atoms with Crippen LogP contribution in [0.15, 0.2) is 24.5 Å². The molecule has 0 saturated carbocycles. The van der Waals surface area contributed by atoms with Crippen LogP contribution in [0.5, 0.6) is 0 Å². The normalized spacial score (nSPS) is 13.6. The molecule has 28 heavy (non-hydrogen) atoms. The predicted molar refractivity (Wildman–Crippen MR) is 103 cm³/mol. The highest BCUT2D eigenvalue weighted by atomic mass is 16.5. The number of aliphatic hydroxyl groups excluding tert-OH is 1. The van der Waals surface area contributed by atoms with Crippen LogP contribution >= 0.6 is 0 Å². The van der Waals surface area contributed by atoms with Gasteiger partial charge in [0.2, 0.25) is 5.91 Å². The van der Waals surface area contributed by atoms with Crippen LogP contribution < -0.4 is 10.6 Å². The van der Waals surface area contributed by atoms with Crippen molar-refractivity contribution >= 4 is 23.5 Å². The summed E-state index contributed by atoms with van der Waals surface area (Å²) in [6, 6.07) is 1.04. The predicted octanol–water partition coefficient (Wildman–Crippen LogP) is 2.16. The number of nitrogens with zero attached hydrogens (tertiary/aromatic N) is 2. The first-order valence-corrected chi connectivity index (χ1v) is 9.15. The highest BCUT2D eigenvalue weighted by Crippen LogP contribution is 2.21. The summed E-state index contributed by atoms with van der Waals surface area (Å²) >= 11 is 0. The van der Waals surface area contributed by atoms with E-state index < -0.39 is 35.4 Å². The number of hydrogen-bond donors (Lipinski definition) is 4. The Bertz CT molecular complexity index is 673. The van der Waals surface area contributed by atoms with Crippen LogP contribution in [0.3, 0.4) is 0 Å². The summed E-state index contributed by atoms with van der Waals surface area (Å²) in [5, 5.41) is 24.5. The highest BCUT2D eigenvalue weighted by Gasteiger charge is 2.36. The Morgan fingerprint density at radius 3 is 2.36 bits per heavy atom. The molecule has 0 unspecified atom stereocenters. The number of amides is 4. The maximum atomic E-state index is 12.6. The molecule has 0 aliphatic heterocycles. The summed E-state index contributed by atoms with van der Waals surface area (Å²) in [5.41, 5.74) is -0.278. The quantitative estimate of drug-likeness (QED) is 0.414. The van der Waals surface area contributed by atoms with Crippen molar-refractivity contribution in [2.24, 2.45) is 11.3 Å². The molecular formula is C19H30N4O5. The number of pyridine rings is 1. The number of hydrogen-bond acceptors (Lipinski definition) is 6. The van der Waals surface area contributed by atoms with E-state index in [-0.39, 0.29) is 17.4 Å². The number of nitrogens with one attached hydrogen (secondary N) is 2. The van der Waals surface area contributed by atoms with Crippen molar-refractivity contribution in [3.8, 4) is 0 Å². The average Bonchev–Trinajstić information content (AvgIpc) is 2.62. The summed E-state index contributed by atoms with van der Waals surface area (Å²) in [5.74, 6) is -1.42. The maximum absolute atomic E-state index is 12.6. The summed E-state index contributed by atoms with van der Waals surface area (Å²) in [4.78, 5) is 40.8. The van der Waals surface area contributed by atoms with E-state index in [1.807, 2.05) is 13.8 Å². The first-order valence-electron chi connectivity index (χ1n) is 9.15. The lowest BCUT2D eigenvalue weighted by Gasteiger charge is -2.31. The van der Waals surface area contributed by atoms with E-state index in [1.165, 1.54) is 6.20 Å². The molecule has 1 aromatic rings. The van der Waals surface area contributed by atoms with Gasteiger partial charge in [0.25, 0.3) is 5.91 Å². The molecule has 4 N–H and O–H groups in total. The molecule has 0 fully saturated rings. The van der Waals surface area contributed by atoms with Gasteiger partial charge in [0.1, 0.15) is 12.1 Å².